The van der Waals surface area contributed by atoms with Gasteiger partial charge in [0.2, 0.25) is 0 Å². The van der Waals surface area contributed by atoms with Crippen LogP contribution in [-0.2, 0) is 0 Å². The maximum atomic E-state index is 4.11. The molecule has 99 heavy (non-hydrogen) atoms. The number of allylic oxidation sites excluding steroid dienone is 1. The standard InChI is InChI=1S/C18H33B.C17H33B.C16H31B.C14H27B.C14H25B.C13H27BSi/c1-2-3-4-11-16-19(17-12-7-5-8-13-17)18-14-9-6-10-15-18;1-2-3-10-15-18(16-11-6-4-7-12-16)17-13-8-5-9-14-17;1-2-3-14-17(15-10-6-4-7-11-15)16-12-8-5-9-13-16;2*1-2-15(13-9-5-3-6-10-13)14-11-7-4-8-12-14;1-6-8-10-14-12-13(7-2)9-11-15(3,4)5/h11,16-18H,2-10,12-15H2,1H3;16-17H,2-15H2,1H3;15-16H,2-14H2,1H3;13-14H,2-12H2,1H3;2,13-14H,1,3-12H2;13-14H,6-8,10,12H2,1-5H3. The lowest BCUT2D eigenvalue weighted by Crippen LogP contribution is -2.30. The van der Waals surface area contributed by atoms with Crippen molar-refractivity contribution in [2.45, 2.75) is 543 Å². The van der Waals surface area contributed by atoms with Crippen molar-refractivity contribution in [2.24, 2.45) is 5.92 Å². The molecule has 0 aromatic heterocycles. The average Bonchev–Trinajstić information content (AvgIpc) is 0.938. The minimum absolute atomic E-state index is 0.661. The molecule has 0 amide bonds. The SMILES string of the molecule is C=CB(C1CCCCC1)C1CCCCC1.CCB(C1CCCCC1)C1CCCCC1.CCCCB(C1CCCCC1)C1CCCCC1.CCCCBCC(C#C[Si](C)(C)C)CC.CCCCC=CB(C1CCCCC1)C1CCCCC1.CCCCCB(C1CCCCC1)C1CCCCC1. The van der Waals surface area contributed by atoms with Crippen molar-refractivity contribution in [3.8, 4) is 11.5 Å². The Morgan fingerprint density at radius 1 is 0.354 bits per heavy atom. The molecular weight excluding hydrogens is 1200 g/mol. The maximum Gasteiger partial charge on any atom is 0.172 e. The molecule has 10 aliphatic rings. The molecule has 1 atom stereocenters. The first-order valence-corrected chi connectivity index (χ1v) is 50.9. The Labute approximate surface area is 629 Å². The van der Waals surface area contributed by atoms with Crippen molar-refractivity contribution in [3.63, 3.8) is 0 Å². The summed E-state index contributed by atoms with van der Waals surface area (Å²) >= 11 is 0. The second-order valence-electron chi connectivity index (χ2n) is 37.5. The molecule has 0 heterocycles. The van der Waals surface area contributed by atoms with E-state index >= 15 is 0 Å². The molecular formula is C92H176B6Si. The first-order valence-electron chi connectivity index (χ1n) is 47.4. The molecule has 0 N–H and O–H groups in total. The highest BCUT2D eigenvalue weighted by Crippen LogP contribution is 2.48. The number of hydrogen-bond donors (Lipinski definition) is 0. The van der Waals surface area contributed by atoms with Crippen molar-refractivity contribution in [1.82, 2.24) is 0 Å². The van der Waals surface area contributed by atoms with E-state index in [-0.39, 0.29) is 0 Å². The molecule has 0 aliphatic heterocycles. The van der Waals surface area contributed by atoms with E-state index in [1.54, 1.807) is 89.7 Å². The zero-order valence-corrected chi connectivity index (χ0v) is 70.6. The summed E-state index contributed by atoms with van der Waals surface area (Å²) in [5.74, 6) is 19.8. The van der Waals surface area contributed by atoms with E-state index in [9.17, 15) is 0 Å². The van der Waals surface area contributed by atoms with Gasteiger partial charge < -0.3 is 0 Å². The molecule has 10 aliphatic carbocycles. The molecule has 1 unspecified atom stereocenters. The summed E-state index contributed by atoms with van der Waals surface area (Å²) in [6.45, 7) is 30.1. The van der Waals surface area contributed by atoms with Crippen LogP contribution < -0.4 is 0 Å². The Morgan fingerprint density at radius 2 is 0.646 bits per heavy atom. The monoisotopic (exact) mass is 1380 g/mol. The van der Waals surface area contributed by atoms with Crippen molar-refractivity contribution >= 4 is 48.9 Å². The molecule has 10 fully saturated rings. The van der Waals surface area contributed by atoms with E-state index in [0.29, 0.717) is 5.92 Å². The van der Waals surface area contributed by atoms with E-state index in [1.165, 1.54) is 341 Å². The van der Waals surface area contributed by atoms with Crippen molar-refractivity contribution in [1.29, 1.82) is 0 Å². The predicted octanol–water partition coefficient (Wildman–Crippen LogP) is 32.7. The molecule has 0 aromatic rings. The summed E-state index contributed by atoms with van der Waals surface area (Å²) in [4.78, 5) is 0. The van der Waals surface area contributed by atoms with Gasteiger partial charge in [-0.25, -0.2) is 0 Å². The van der Waals surface area contributed by atoms with Gasteiger partial charge in [-0.15, -0.1) is 30.0 Å². The summed E-state index contributed by atoms with van der Waals surface area (Å²) in [6, 6.07) is 0. The second-order valence-corrected chi connectivity index (χ2v) is 42.2. The van der Waals surface area contributed by atoms with Gasteiger partial charge in [0.1, 0.15) is 35.5 Å². The first-order chi connectivity index (χ1) is 48.6. The highest BCUT2D eigenvalue weighted by molar-refractivity contribution is 6.83. The van der Waals surface area contributed by atoms with Gasteiger partial charge in [-0.3, -0.25) is 0 Å². The van der Waals surface area contributed by atoms with Crippen LogP contribution in [0.3, 0.4) is 0 Å². The fourth-order valence-corrected chi connectivity index (χ4v) is 23.5. The number of rotatable bonds is 29. The molecule has 10 saturated carbocycles. The Morgan fingerprint density at radius 3 is 0.929 bits per heavy atom. The summed E-state index contributed by atoms with van der Waals surface area (Å²) in [6.07, 6.45) is 101. The fourth-order valence-electron chi connectivity index (χ4n) is 22.8. The van der Waals surface area contributed by atoms with Crippen LogP contribution in [-0.4, -0.2) is 48.9 Å². The third-order valence-corrected chi connectivity index (χ3v) is 29.6. The summed E-state index contributed by atoms with van der Waals surface area (Å²) in [5.41, 5.74) is 3.50. The molecule has 0 nitrogen and oxygen atoms in total. The second kappa shape index (κ2) is 57.8. The van der Waals surface area contributed by atoms with Crippen LogP contribution in [0.25, 0.3) is 0 Å². The van der Waals surface area contributed by atoms with Gasteiger partial charge in [-0.2, -0.15) is 0 Å². The van der Waals surface area contributed by atoms with Gasteiger partial charge in [0, 0.05) is 5.92 Å². The van der Waals surface area contributed by atoms with Gasteiger partial charge in [0.15, 0.2) is 13.4 Å². The molecule has 566 valence electrons. The third kappa shape index (κ3) is 38.3. The number of hydrogen-bond acceptors (Lipinski definition) is 0. The fraction of sp³-hybridized carbons (Fsp3) is 0.935. The highest BCUT2D eigenvalue weighted by atomic mass is 28.3. The normalized spacial score (nSPS) is 22.3. The molecule has 0 radical (unpaired) electrons. The number of unbranched alkanes of at least 4 members (excludes halogenated alkanes) is 6. The maximum absolute atomic E-state index is 4.11. The Hall–Kier alpha value is -0.354. The van der Waals surface area contributed by atoms with Crippen LogP contribution in [0.4, 0.5) is 0 Å². The molecule has 0 saturated heterocycles. The Balaban J connectivity index is 0.000000215. The first kappa shape index (κ1) is 89.3. The molecule has 0 bridgehead atoms. The lowest BCUT2D eigenvalue weighted by Gasteiger charge is -2.35. The summed E-state index contributed by atoms with van der Waals surface area (Å²) in [5, 5.41) is 0. The Bertz CT molecular complexity index is 1820. The molecule has 0 aromatic carbocycles. The zero-order chi connectivity index (χ0) is 70.6. The average molecular weight is 1380 g/mol. The van der Waals surface area contributed by atoms with E-state index in [0.717, 1.165) is 91.7 Å². The van der Waals surface area contributed by atoms with Crippen LogP contribution in [0, 0.1) is 17.4 Å². The minimum atomic E-state index is -1.15. The van der Waals surface area contributed by atoms with Crippen LogP contribution in [0.5, 0.6) is 0 Å². The van der Waals surface area contributed by atoms with Gasteiger partial charge in [-0.1, -0.05) is 536 Å². The largest absolute Gasteiger partial charge is 0.172 e. The van der Waals surface area contributed by atoms with Crippen LogP contribution in [0.15, 0.2) is 24.6 Å². The molecule has 0 spiro atoms. The van der Waals surface area contributed by atoms with E-state index in [1.807, 2.05) is 0 Å². The van der Waals surface area contributed by atoms with Gasteiger partial charge in [0.05, 0.1) is 0 Å². The molecule has 7 heteroatoms. The summed E-state index contributed by atoms with van der Waals surface area (Å²) in [7, 11) is 0.216. The minimum Gasteiger partial charge on any atom is -0.132 e. The zero-order valence-electron chi connectivity index (χ0n) is 69.6. The van der Waals surface area contributed by atoms with Crippen LogP contribution in [0.1, 0.15) is 433 Å². The van der Waals surface area contributed by atoms with Gasteiger partial charge >= 0.3 is 0 Å². The smallest absolute Gasteiger partial charge is 0.132 e. The molecule has 10 rings (SSSR count). The van der Waals surface area contributed by atoms with E-state index in [4.69, 9.17) is 0 Å². The third-order valence-electron chi connectivity index (χ3n) is 28.7. The highest BCUT2D eigenvalue weighted by Gasteiger charge is 2.38. The van der Waals surface area contributed by atoms with E-state index < -0.39 is 8.07 Å². The Kier molecular flexibility index (Phi) is 52.1. The van der Waals surface area contributed by atoms with Gasteiger partial charge in [0.25, 0.3) is 0 Å². The van der Waals surface area contributed by atoms with Crippen LogP contribution >= 0.6 is 0 Å². The summed E-state index contributed by atoms with van der Waals surface area (Å²) < 4.78 is 0. The van der Waals surface area contributed by atoms with E-state index in [2.05, 4.69) is 97.3 Å². The van der Waals surface area contributed by atoms with Crippen LogP contribution in [0.2, 0.25) is 109 Å². The lowest BCUT2D eigenvalue weighted by atomic mass is 9.28. The lowest BCUT2D eigenvalue weighted by molar-refractivity contribution is 0.459. The quantitative estimate of drug-likeness (QED) is 0.0398. The topological polar surface area (TPSA) is 0 Å². The van der Waals surface area contributed by atoms with Crippen molar-refractivity contribution in [2.75, 3.05) is 0 Å². The predicted molar refractivity (Wildman–Crippen MR) is 467 cm³/mol. The van der Waals surface area contributed by atoms with Gasteiger partial charge in [-0.05, 0) is 12.8 Å². The van der Waals surface area contributed by atoms with Crippen molar-refractivity contribution < 1.29 is 0 Å². The van der Waals surface area contributed by atoms with Crippen molar-refractivity contribution in [3.05, 3.63) is 24.6 Å².